The molecule has 0 aliphatic carbocycles. The maximum atomic E-state index is 12.2. The number of anilines is 2. The average Bonchev–Trinajstić information content (AvgIpc) is 2.47. The van der Waals surface area contributed by atoms with E-state index in [1.807, 2.05) is 18.0 Å². The summed E-state index contributed by atoms with van der Waals surface area (Å²) in [6.45, 7) is 2.44. The maximum absolute atomic E-state index is 12.2. The Morgan fingerprint density at radius 1 is 1.53 bits per heavy atom. The Morgan fingerprint density at radius 3 is 3.00 bits per heavy atom. The van der Waals surface area contributed by atoms with E-state index in [-0.39, 0.29) is 5.75 Å². The molecule has 1 aromatic rings. The van der Waals surface area contributed by atoms with Gasteiger partial charge in [-0.05, 0) is 6.07 Å². The third-order valence-corrected chi connectivity index (χ3v) is 6.53. The summed E-state index contributed by atoms with van der Waals surface area (Å²) in [6.07, 6.45) is 3.46. The van der Waals surface area contributed by atoms with Crippen molar-refractivity contribution in [2.75, 3.05) is 41.1 Å². The number of rotatable bonds is 4. The van der Waals surface area contributed by atoms with E-state index in [2.05, 4.69) is 10.3 Å². The van der Waals surface area contributed by atoms with E-state index in [1.54, 1.807) is 31.1 Å². The molecule has 0 bridgehead atoms. The van der Waals surface area contributed by atoms with Crippen LogP contribution >= 0.6 is 11.8 Å². The Hall–Kier alpha value is -0.950. The molecule has 1 aromatic heterocycles. The van der Waals surface area contributed by atoms with Crippen LogP contribution in [-0.4, -0.2) is 49.6 Å². The van der Waals surface area contributed by atoms with Gasteiger partial charge in [-0.3, -0.25) is 4.98 Å². The molecule has 0 aromatic carbocycles. The summed E-state index contributed by atoms with van der Waals surface area (Å²) in [5.74, 6) is 1.74. The SMILES string of the molecule is CCS(=O)(=O)C1CSCCN1c1cncc(NC)c1. The third-order valence-electron chi connectivity index (χ3n) is 3.25. The molecule has 1 fully saturated rings. The van der Waals surface area contributed by atoms with E-state index >= 15 is 0 Å². The van der Waals surface area contributed by atoms with Crippen molar-refractivity contribution in [3.8, 4) is 0 Å². The molecule has 0 saturated carbocycles. The zero-order chi connectivity index (χ0) is 13.9. The van der Waals surface area contributed by atoms with Gasteiger partial charge in [0.15, 0.2) is 9.84 Å². The predicted octanol–water partition coefficient (Wildman–Crippen LogP) is 1.44. The average molecular weight is 301 g/mol. The molecule has 1 N–H and O–H groups in total. The van der Waals surface area contributed by atoms with Gasteiger partial charge in [-0.25, -0.2) is 8.42 Å². The first kappa shape index (κ1) is 14.5. The Kier molecular flexibility index (Phi) is 4.57. The van der Waals surface area contributed by atoms with Crippen LogP contribution in [0.4, 0.5) is 11.4 Å². The smallest absolute Gasteiger partial charge is 0.171 e. The summed E-state index contributed by atoms with van der Waals surface area (Å²) >= 11 is 1.70. The highest BCUT2D eigenvalue weighted by Crippen LogP contribution is 2.28. The van der Waals surface area contributed by atoms with Gasteiger partial charge in [0.05, 0.1) is 23.8 Å². The first-order valence-electron chi connectivity index (χ1n) is 6.27. The van der Waals surface area contributed by atoms with Crippen LogP contribution in [0.1, 0.15) is 6.92 Å². The summed E-state index contributed by atoms with van der Waals surface area (Å²) < 4.78 is 24.4. The lowest BCUT2D eigenvalue weighted by molar-refractivity contribution is 0.579. The van der Waals surface area contributed by atoms with Crippen molar-refractivity contribution in [2.24, 2.45) is 0 Å². The first-order chi connectivity index (χ1) is 9.08. The van der Waals surface area contributed by atoms with Gasteiger partial charge < -0.3 is 10.2 Å². The van der Waals surface area contributed by atoms with Crippen LogP contribution in [0.25, 0.3) is 0 Å². The highest BCUT2D eigenvalue weighted by Gasteiger charge is 2.33. The number of hydrogen-bond acceptors (Lipinski definition) is 6. The highest BCUT2D eigenvalue weighted by atomic mass is 32.2. The number of nitrogens with one attached hydrogen (secondary N) is 1. The summed E-state index contributed by atoms with van der Waals surface area (Å²) in [5.41, 5.74) is 1.76. The van der Waals surface area contributed by atoms with E-state index < -0.39 is 15.2 Å². The van der Waals surface area contributed by atoms with Crippen molar-refractivity contribution in [1.82, 2.24) is 4.98 Å². The normalized spacial score (nSPS) is 20.3. The lowest BCUT2D eigenvalue weighted by Gasteiger charge is -2.36. The molecule has 19 heavy (non-hydrogen) atoms. The van der Waals surface area contributed by atoms with Gasteiger partial charge in [-0.2, -0.15) is 11.8 Å². The van der Waals surface area contributed by atoms with Gasteiger partial charge in [0.25, 0.3) is 0 Å². The zero-order valence-electron chi connectivity index (χ0n) is 11.2. The van der Waals surface area contributed by atoms with Gasteiger partial charge >= 0.3 is 0 Å². The van der Waals surface area contributed by atoms with E-state index in [9.17, 15) is 8.42 Å². The fourth-order valence-corrected chi connectivity index (χ4v) is 5.08. The Bertz CT molecular complexity index is 534. The second-order valence-corrected chi connectivity index (χ2v) is 7.95. The number of aromatic nitrogens is 1. The zero-order valence-corrected chi connectivity index (χ0v) is 12.8. The number of nitrogens with zero attached hydrogens (tertiary/aromatic N) is 2. The van der Waals surface area contributed by atoms with E-state index in [0.717, 1.165) is 23.7 Å². The second kappa shape index (κ2) is 6.00. The van der Waals surface area contributed by atoms with Crippen LogP contribution < -0.4 is 10.2 Å². The van der Waals surface area contributed by atoms with Crippen molar-refractivity contribution in [3.05, 3.63) is 18.5 Å². The van der Waals surface area contributed by atoms with Crippen molar-refractivity contribution in [3.63, 3.8) is 0 Å². The minimum absolute atomic E-state index is 0.174. The number of hydrogen-bond donors (Lipinski definition) is 1. The van der Waals surface area contributed by atoms with E-state index in [1.165, 1.54) is 0 Å². The fourth-order valence-electron chi connectivity index (χ4n) is 2.09. The van der Waals surface area contributed by atoms with E-state index in [0.29, 0.717) is 5.75 Å². The molecule has 1 unspecified atom stereocenters. The molecule has 1 saturated heterocycles. The Morgan fingerprint density at radius 2 is 2.32 bits per heavy atom. The van der Waals surface area contributed by atoms with Gasteiger partial charge in [0.2, 0.25) is 0 Å². The lowest BCUT2D eigenvalue weighted by atomic mass is 10.3. The van der Waals surface area contributed by atoms with Crippen molar-refractivity contribution >= 4 is 33.0 Å². The molecule has 106 valence electrons. The lowest BCUT2D eigenvalue weighted by Crippen LogP contribution is -2.48. The summed E-state index contributed by atoms with van der Waals surface area (Å²) in [6, 6.07) is 1.95. The molecule has 0 amide bonds. The number of thioether (sulfide) groups is 1. The maximum Gasteiger partial charge on any atom is 0.171 e. The first-order valence-corrected chi connectivity index (χ1v) is 9.14. The molecule has 1 aliphatic heterocycles. The molecule has 0 spiro atoms. The van der Waals surface area contributed by atoms with Gasteiger partial charge in [-0.15, -0.1) is 0 Å². The monoisotopic (exact) mass is 301 g/mol. The van der Waals surface area contributed by atoms with Crippen LogP contribution in [0.3, 0.4) is 0 Å². The molecule has 1 aliphatic rings. The molecule has 2 heterocycles. The van der Waals surface area contributed by atoms with Crippen LogP contribution in [-0.2, 0) is 9.84 Å². The second-order valence-electron chi connectivity index (χ2n) is 4.36. The molecule has 2 rings (SSSR count). The molecule has 7 heteroatoms. The number of sulfone groups is 1. The third kappa shape index (κ3) is 3.14. The Balaban J connectivity index is 2.34. The standard InChI is InChI=1S/C12H19N3O2S2/c1-3-19(16,17)12-9-18-5-4-15(12)11-6-10(13-2)7-14-8-11/h6-8,12-13H,3-5,9H2,1-2H3. The minimum Gasteiger partial charge on any atom is -0.387 e. The van der Waals surface area contributed by atoms with Gasteiger partial charge in [0, 0.05) is 30.9 Å². The molecule has 0 radical (unpaired) electrons. The largest absolute Gasteiger partial charge is 0.387 e. The topological polar surface area (TPSA) is 62.3 Å². The van der Waals surface area contributed by atoms with Crippen LogP contribution in [0.2, 0.25) is 0 Å². The van der Waals surface area contributed by atoms with Crippen LogP contribution in [0, 0.1) is 0 Å². The van der Waals surface area contributed by atoms with Crippen molar-refractivity contribution in [2.45, 2.75) is 12.3 Å². The molecule has 5 nitrogen and oxygen atoms in total. The highest BCUT2D eigenvalue weighted by molar-refractivity contribution is 8.01. The van der Waals surface area contributed by atoms with Crippen LogP contribution in [0.5, 0.6) is 0 Å². The number of pyridine rings is 1. The molecular weight excluding hydrogens is 282 g/mol. The predicted molar refractivity (Wildman–Crippen MR) is 81.7 cm³/mol. The summed E-state index contributed by atoms with van der Waals surface area (Å²) in [4.78, 5) is 6.13. The quantitative estimate of drug-likeness (QED) is 0.908. The Labute approximate surface area is 118 Å². The van der Waals surface area contributed by atoms with Crippen molar-refractivity contribution < 1.29 is 8.42 Å². The van der Waals surface area contributed by atoms with Gasteiger partial charge in [-0.1, -0.05) is 6.92 Å². The van der Waals surface area contributed by atoms with E-state index in [4.69, 9.17) is 0 Å². The molecular formula is C12H19N3O2S2. The summed E-state index contributed by atoms with van der Waals surface area (Å²) in [7, 11) is -1.25. The van der Waals surface area contributed by atoms with Crippen LogP contribution in [0.15, 0.2) is 18.5 Å². The molecule has 1 atom stereocenters. The fraction of sp³-hybridized carbons (Fsp3) is 0.583. The summed E-state index contributed by atoms with van der Waals surface area (Å²) in [5, 5.41) is 2.59. The van der Waals surface area contributed by atoms with Crippen molar-refractivity contribution in [1.29, 1.82) is 0 Å². The minimum atomic E-state index is -3.08. The van der Waals surface area contributed by atoms with Gasteiger partial charge in [0.1, 0.15) is 5.37 Å².